The summed E-state index contributed by atoms with van der Waals surface area (Å²) >= 11 is 0. The van der Waals surface area contributed by atoms with Gasteiger partial charge in [-0.05, 0) is 56.5 Å². The van der Waals surface area contributed by atoms with E-state index in [2.05, 4.69) is 36.7 Å². The number of benzene rings is 1. The SMILES string of the molecule is C=C(C)c1cc(C)c(/C=C\C)cc1N=CC. The molecule has 0 aliphatic heterocycles. The lowest BCUT2D eigenvalue weighted by Crippen LogP contribution is -1.87. The van der Waals surface area contributed by atoms with Gasteiger partial charge in [0.05, 0.1) is 5.69 Å². The van der Waals surface area contributed by atoms with Crippen LogP contribution in [0.3, 0.4) is 0 Å². The summed E-state index contributed by atoms with van der Waals surface area (Å²) in [5.74, 6) is 0. The van der Waals surface area contributed by atoms with Gasteiger partial charge in [-0.25, -0.2) is 0 Å². The van der Waals surface area contributed by atoms with Gasteiger partial charge in [0.2, 0.25) is 0 Å². The lowest BCUT2D eigenvalue weighted by atomic mass is 9.99. The zero-order valence-corrected chi connectivity index (χ0v) is 10.5. The van der Waals surface area contributed by atoms with Gasteiger partial charge >= 0.3 is 0 Å². The molecule has 0 saturated heterocycles. The minimum atomic E-state index is 0.994. The fourth-order valence-corrected chi connectivity index (χ4v) is 1.66. The molecular weight excluding hydrogens is 194 g/mol. The maximum Gasteiger partial charge on any atom is 0.0706 e. The predicted octanol–water partition coefficient (Wildman–Crippen LogP) is 4.78. The van der Waals surface area contributed by atoms with Crippen LogP contribution in [-0.2, 0) is 0 Å². The third-order valence-corrected chi connectivity index (χ3v) is 2.46. The van der Waals surface area contributed by atoms with Crippen molar-refractivity contribution in [3.63, 3.8) is 0 Å². The van der Waals surface area contributed by atoms with E-state index in [1.54, 1.807) is 0 Å². The monoisotopic (exact) mass is 213 g/mol. The molecule has 1 nitrogen and oxygen atoms in total. The highest BCUT2D eigenvalue weighted by Gasteiger charge is 2.05. The predicted molar refractivity (Wildman–Crippen MR) is 74.4 cm³/mol. The van der Waals surface area contributed by atoms with Crippen molar-refractivity contribution < 1.29 is 0 Å². The van der Waals surface area contributed by atoms with Gasteiger partial charge in [0.1, 0.15) is 0 Å². The van der Waals surface area contributed by atoms with Crippen molar-refractivity contribution in [2.75, 3.05) is 0 Å². The Kier molecular flexibility index (Phi) is 4.24. The van der Waals surface area contributed by atoms with Crippen molar-refractivity contribution in [2.24, 2.45) is 4.99 Å². The second-order valence-electron chi connectivity index (χ2n) is 3.89. The van der Waals surface area contributed by atoms with Crippen LogP contribution in [0.1, 0.15) is 37.5 Å². The molecule has 84 valence electrons. The topological polar surface area (TPSA) is 12.4 Å². The third-order valence-electron chi connectivity index (χ3n) is 2.46. The van der Waals surface area contributed by atoms with Gasteiger partial charge in [-0.3, -0.25) is 4.99 Å². The van der Waals surface area contributed by atoms with E-state index in [1.165, 1.54) is 11.1 Å². The minimum absolute atomic E-state index is 0.994. The molecule has 0 N–H and O–H groups in total. The summed E-state index contributed by atoms with van der Waals surface area (Å²) in [6, 6.07) is 4.26. The zero-order valence-electron chi connectivity index (χ0n) is 10.5. The van der Waals surface area contributed by atoms with E-state index in [4.69, 9.17) is 0 Å². The Hall–Kier alpha value is -1.63. The van der Waals surface area contributed by atoms with E-state index in [0.717, 1.165) is 16.8 Å². The first-order valence-electron chi connectivity index (χ1n) is 5.52. The van der Waals surface area contributed by atoms with Crippen LogP contribution in [0.5, 0.6) is 0 Å². The molecule has 0 aliphatic rings. The number of hydrogen-bond acceptors (Lipinski definition) is 1. The minimum Gasteiger partial charge on any atom is -0.261 e. The van der Waals surface area contributed by atoms with Crippen molar-refractivity contribution in [2.45, 2.75) is 27.7 Å². The fraction of sp³-hybridized carbons (Fsp3) is 0.267. The van der Waals surface area contributed by atoms with Crippen molar-refractivity contribution in [1.29, 1.82) is 0 Å². The van der Waals surface area contributed by atoms with Gasteiger partial charge in [-0.2, -0.15) is 0 Å². The maximum absolute atomic E-state index is 4.39. The lowest BCUT2D eigenvalue weighted by molar-refractivity contribution is 1.38. The van der Waals surface area contributed by atoms with Crippen molar-refractivity contribution in [3.8, 4) is 0 Å². The molecule has 1 rings (SSSR count). The molecule has 0 radical (unpaired) electrons. The molecule has 0 saturated carbocycles. The Morgan fingerprint density at radius 3 is 2.50 bits per heavy atom. The molecule has 0 aliphatic carbocycles. The van der Waals surface area contributed by atoms with E-state index in [9.17, 15) is 0 Å². The fourth-order valence-electron chi connectivity index (χ4n) is 1.66. The molecule has 0 fully saturated rings. The standard InChI is InChI=1S/C15H19N/c1-6-8-13-10-15(16-7-2)14(11(3)4)9-12(13)5/h6-10H,3H2,1-2,4-5H3/b8-6-,16-7?. The third kappa shape index (κ3) is 2.69. The molecule has 0 unspecified atom stereocenters. The second-order valence-corrected chi connectivity index (χ2v) is 3.89. The quantitative estimate of drug-likeness (QED) is 0.640. The number of aryl methyl sites for hydroxylation is 1. The number of aliphatic imine (C=N–C) groups is 1. The van der Waals surface area contributed by atoms with Gasteiger partial charge in [0, 0.05) is 11.8 Å². The van der Waals surface area contributed by atoms with Crippen LogP contribution in [0.4, 0.5) is 5.69 Å². The molecule has 1 heteroatoms. The first-order valence-corrected chi connectivity index (χ1v) is 5.52. The van der Waals surface area contributed by atoms with Crippen LogP contribution in [0.2, 0.25) is 0 Å². The molecule has 0 aromatic heterocycles. The zero-order chi connectivity index (χ0) is 12.1. The van der Waals surface area contributed by atoms with Crippen LogP contribution in [0, 0.1) is 6.92 Å². The van der Waals surface area contributed by atoms with E-state index in [0.29, 0.717) is 0 Å². The normalized spacial score (nSPS) is 11.5. The van der Waals surface area contributed by atoms with Crippen LogP contribution >= 0.6 is 0 Å². The molecule has 1 aromatic rings. The van der Waals surface area contributed by atoms with Crippen LogP contribution < -0.4 is 0 Å². The first-order chi connectivity index (χ1) is 7.60. The Labute approximate surface area is 98.2 Å². The summed E-state index contributed by atoms with van der Waals surface area (Å²) in [7, 11) is 0. The molecule has 1 aromatic carbocycles. The Balaban J connectivity index is 3.42. The number of allylic oxidation sites excluding steroid dienone is 2. The highest BCUT2D eigenvalue weighted by Crippen LogP contribution is 2.29. The highest BCUT2D eigenvalue weighted by molar-refractivity contribution is 5.78. The number of rotatable bonds is 3. The first kappa shape index (κ1) is 12.4. The van der Waals surface area contributed by atoms with Crippen LogP contribution in [-0.4, -0.2) is 6.21 Å². The van der Waals surface area contributed by atoms with Gasteiger partial charge < -0.3 is 0 Å². The van der Waals surface area contributed by atoms with Crippen molar-refractivity contribution >= 4 is 23.6 Å². The average molecular weight is 213 g/mol. The Morgan fingerprint density at radius 1 is 1.31 bits per heavy atom. The summed E-state index contributed by atoms with van der Waals surface area (Å²) in [6.07, 6.45) is 5.96. The lowest BCUT2D eigenvalue weighted by Gasteiger charge is -2.09. The summed E-state index contributed by atoms with van der Waals surface area (Å²) < 4.78 is 0. The average Bonchev–Trinajstić information content (AvgIpc) is 2.23. The highest BCUT2D eigenvalue weighted by atomic mass is 14.7. The summed E-state index contributed by atoms with van der Waals surface area (Å²) in [5.41, 5.74) is 5.65. The molecule has 16 heavy (non-hydrogen) atoms. The molecular formula is C15H19N. The van der Waals surface area contributed by atoms with Crippen LogP contribution in [0.25, 0.3) is 11.6 Å². The van der Waals surface area contributed by atoms with Gasteiger partial charge in [-0.1, -0.05) is 18.7 Å². The van der Waals surface area contributed by atoms with Gasteiger partial charge in [0.15, 0.2) is 0 Å². The number of hydrogen-bond donors (Lipinski definition) is 0. The summed E-state index contributed by atoms with van der Waals surface area (Å²) in [4.78, 5) is 4.39. The van der Waals surface area contributed by atoms with Gasteiger partial charge in [0.25, 0.3) is 0 Å². The van der Waals surface area contributed by atoms with Crippen LogP contribution in [0.15, 0.2) is 29.8 Å². The molecule has 0 spiro atoms. The van der Waals surface area contributed by atoms with E-state index in [-0.39, 0.29) is 0 Å². The Bertz CT molecular complexity index is 451. The maximum atomic E-state index is 4.39. The molecule has 0 heterocycles. The van der Waals surface area contributed by atoms with Crippen molar-refractivity contribution in [1.82, 2.24) is 0 Å². The summed E-state index contributed by atoms with van der Waals surface area (Å²) in [5, 5.41) is 0. The van der Waals surface area contributed by atoms with Gasteiger partial charge in [-0.15, -0.1) is 0 Å². The van der Waals surface area contributed by atoms with E-state index < -0.39 is 0 Å². The number of nitrogens with zero attached hydrogens (tertiary/aromatic N) is 1. The molecule has 0 bridgehead atoms. The summed E-state index contributed by atoms with van der Waals surface area (Å²) in [6.45, 7) is 12.1. The smallest absolute Gasteiger partial charge is 0.0706 e. The van der Waals surface area contributed by atoms with E-state index >= 15 is 0 Å². The van der Waals surface area contributed by atoms with E-state index in [1.807, 2.05) is 33.1 Å². The molecule has 0 atom stereocenters. The molecule has 0 amide bonds. The second kappa shape index (κ2) is 5.45. The van der Waals surface area contributed by atoms with Crippen molar-refractivity contribution in [3.05, 3.63) is 41.5 Å². The Morgan fingerprint density at radius 2 is 2.00 bits per heavy atom. The largest absolute Gasteiger partial charge is 0.261 e.